The van der Waals surface area contributed by atoms with Crippen molar-refractivity contribution < 1.29 is 8.42 Å². The molecule has 1 N–H and O–H groups in total. The lowest BCUT2D eigenvalue weighted by atomic mass is 10.2. The summed E-state index contributed by atoms with van der Waals surface area (Å²) in [6, 6.07) is 7.52. The minimum atomic E-state index is -3.32. The Labute approximate surface area is 150 Å². The number of fused-ring (bicyclic) bond motifs is 1. The second kappa shape index (κ2) is 6.12. The summed E-state index contributed by atoms with van der Waals surface area (Å²) in [4.78, 5) is 4.73. The maximum atomic E-state index is 11.6. The highest BCUT2D eigenvalue weighted by atomic mass is 35.5. The molecule has 3 heterocycles. The SMILES string of the molecule is CS(=O)(=O)c1ccn(Cc2nc3cc(Cl)ccc3n2C2CCNC2)n1. The molecule has 1 aliphatic rings. The van der Waals surface area contributed by atoms with Crippen molar-refractivity contribution in [3.05, 3.63) is 41.3 Å². The van der Waals surface area contributed by atoms with Gasteiger partial charge in [0.2, 0.25) is 0 Å². The Morgan fingerprint density at radius 1 is 1.36 bits per heavy atom. The highest BCUT2D eigenvalue weighted by molar-refractivity contribution is 7.90. The molecule has 4 rings (SSSR count). The van der Waals surface area contributed by atoms with Crippen LogP contribution in [0.15, 0.2) is 35.5 Å². The smallest absolute Gasteiger partial charge is 0.194 e. The summed E-state index contributed by atoms with van der Waals surface area (Å²) in [5.74, 6) is 0.842. The van der Waals surface area contributed by atoms with Crippen molar-refractivity contribution in [1.82, 2.24) is 24.6 Å². The van der Waals surface area contributed by atoms with Crippen molar-refractivity contribution in [3.63, 3.8) is 0 Å². The molecule has 0 aliphatic carbocycles. The summed E-state index contributed by atoms with van der Waals surface area (Å²) in [7, 11) is -3.32. The number of rotatable bonds is 4. The maximum Gasteiger partial charge on any atom is 0.194 e. The fourth-order valence-corrected chi connectivity index (χ4v) is 4.00. The van der Waals surface area contributed by atoms with Crippen LogP contribution >= 0.6 is 11.6 Å². The zero-order valence-electron chi connectivity index (χ0n) is 13.7. The Kier molecular flexibility index (Phi) is 4.05. The molecule has 2 aromatic heterocycles. The fourth-order valence-electron chi connectivity index (χ4n) is 3.27. The highest BCUT2D eigenvalue weighted by Crippen LogP contribution is 2.27. The van der Waals surface area contributed by atoms with Crippen molar-refractivity contribution in [1.29, 1.82) is 0 Å². The van der Waals surface area contributed by atoms with Gasteiger partial charge in [0.05, 0.1) is 17.6 Å². The number of halogens is 1. The number of sulfone groups is 1. The van der Waals surface area contributed by atoms with Gasteiger partial charge in [-0.15, -0.1) is 0 Å². The van der Waals surface area contributed by atoms with E-state index in [4.69, 9.17) is 16.6 Å². The quantitative estimate of drug-likeness (QED) is 0.748. The Morgan fingerprint density at radius 3 is 2.88 bits per heavy atom. The molecular weight excluding hydrogens is 362 g/mol. The molecule has 0 bridgehead atoms. The third kappa shape index (κ3) is 3.17. The van der Waals surface area contributed by atoms with Gasteiger partial charge in [-0.3, -0.25) is 4.68 Å². The zero-order chi connectivity index (χ0) is 17.6. The van der Waals surface area contributed by atoms with Gasteiger partial charge in [0.25, 0.3) is 0 Å². The van der Waals surface area contributed by atoms with E-state index in [0.29, 0.717) is 17.6 Å². The molecule has 7 nitrogen and oxygen atoms in total. The molecule has 1 atom stereocenters. The van der Waals surface area contributed by atoms with Crippen LogP contribution in [0.3, 0.4) is 0 Å². The maximum absolute atomic E-state index is 11.6. The molecule has 1 saturated heterocycles. The standard InChI is InChI=1S/C16H18ClN5O2S/c1-25(23,24)16-5-7-21(20-16)10-15-19-13-8-11(17)2-3-14(13)22(15)12-4-6-18-9-12/h2-3,5,7-8,12,18H,4,6,9-10H2,1H3. The average Bonchev–Trinajstić information content (AvgIpc) is 3.24. The number of hydrogen-bond donors (Lipinski definition) is 1. The molecule has 3 aromatic rings. The van der Waals surface area contributed by atoms with E-state index >= 15 is 0 Å². The van der Waals surface area contributed by atoms with Crippen molar-refractivity contribution in [3.8, 4) is 0 Å². The van der Waals surface area contributed by atoms with E-state index in [1.54, 1.807) is 10.9 Å². The van der Waals surface area contributed by atoms with Gasteiger partial charge in [-0.1, -0.05) is 11.6 Å². The molecule has 25 heavy (non-hydrogen) atoms. The second-order valence-corrected chi connectivity index (χ2v) is 8.70. The molecule has 0 radical (unpaired) electrons. The zero-order valence-corrected chi connectivity index (χ0v) is 15.3. The van der Waals surface area contributed by atoms with E-state index < -0.39 is 9.84 Å². The molecule has 0 amide bonds. The molecule has 9 heteroatoms. The molecule has 1 fully saturated rings. The largest absolute Gasteiger partial charge is 0.322 e. The Morgan fingerprint density at radius 2 is 2.20 bits per heavy atom. The van der Waals surface area contributed by atoms with Crippen LogP contribution in [0, 0.1) is 0 Å². The highest BCUT2D eigenvalue weighted by Gasteiger charge is 2.23. The minimum absolute atomic E-state index is 0.0701. The normalized spacial score (nSPS) is 18.2. The van der Waals surface area contributed by atoms with E-state index in [-0.39, 0.29) is 5.03 Å². The van der Waals surface area contributed by atoms with Crippen molar-refractivity contribution in [2.24, 2.45) is 0 Å². The minimum Gasteiger partial charge on any atom is -0.322 e. The third-order valence-electron chi connectivity index (χ3n) is 4.42. The van der Waals surface area contributed by atoms with Crippen molar-refractivity contribution in [2.75, 3.05) is 19.3 Å². The summed E-state index contributed by atoms with van der Waals surface area (Å²) < 4.78 is 27.1. The van der Waals surface area contributed by atoms with E-state index in [0.717, 1.165) is 42.6 Å². The van der Waals surface area contributed by atoms with Gasteiger partial charge in [0.15, 0.2) is 14.9 Å². The second-order valence-electron chi connectivity index (χ2n) is 6.30. The number of benzene rings is 1. The Bertz CT molecular complexity index is 1030. The summed E-state index contributed by atoms with van der Waals surface area (Å²) in [5, 5.41) is 8.26. The number of imidazole rings is 1. The van der Waals surface area contributed by atoms with Crippen LogP contribution < -0.4 is 5.32 Å². The van der Waals surface area contributed by atoms with Crippen LogP contribution in [0.25, 0.3) is 11.0 Å². The van der Waals surface area contributed by atoms with Crippen LogP contribution in [0.1, 0.15) is 18.3 Å². The average molecular weight is 380 g/mol. The topological polar surface area (TPSA) is 81.8 Å². The molecule has 132 valence electrons. The molecule has 0 spiro atoms. The van der Waals surface area contributed by atoms with Crippen LogP contribution in [0.2, 0.25) is 5.02 Å². The van der Waals surface area contributed by atoms with Crippen LogP contribution in [0.4, 0.5) is 0 Å². The van der Waals surface area contributed by atoms with Gasteiger partial charge in [-0.25, -0.2) is 13.4 Å². The molecule has 1 unspecified atom stereocenters. The van der Waals surface area contributed by atoms with Gasteiger partial charge in [0, 0.05) is 30.1 Å². The monoisotopic (exact) mass is 379 g/mol. The van der Waals surface area contributed by atoms with E-state index in [9.17, 15) is 8.42 Å². The predicted octanol–water partition coefficient (Wildman–Crippen LogP) is 1.87. The Hall–Kier alpha value is -1.90. The first-order valence-corrected chi connectivity index (χ1v) is 10.3. The van der Waals surface area contributed by atoms with Crippen LogP contribution in [-0.4, -0.2) is 47.1 Å². The number of aromatic nitrogens is 4. The van der Waals surface area contributed by atoms with Gasteiger partial charge in [-0.05, 0) is 37.2 Å². The molecule has 0 saturated carbocycles. The summed E-state index contributed by atoms with van der Waals surface area (Å²) in [6.45, 7) is 2.25. The van der Waals surface area contributed by atoms with E-state index in [1.807, 2.05) is 18.2 Å². The van der Waals surface area contributed by atoms with Gasteiger partial charge < -0.3 is 9.88 Å². The lowest BCUT2D eigenvalue weighted by Crippen LogP contribution is -2.17. The van der Waals surface area contributed by atoms with E-state index in [2.05, 4.69) is 15.0 Å². The number of nitrogens with zero attached hydrogens (tertiary/aromatic N) is 4. The summed E-state index contributed by atoms with van der Waals surface area (Å²) >= 11 is 6.11. The third-order valence-corrected chi connectivity index (χ3v) is 5.64. The van der Waals surface area contributed by atoms with Crippen molar-refractivity contribution >= 4 is 32.5 Å². The first-order valence-electron chi connectivity index (χ1n) is 8.02. The molecular formula is C16H18ClN5O2S. The summed E-state index contributed by atoms with van der Waals surface area (Å²) in [5.41, 5.74) is 1.87. The van der Waals surface area contributed by atoms with Gasteiger partial charge in [-0.2, -0.15) is 5.10 Å². The van der Waals surface area contributed by atoms with Gasteiger partial charge in [0.1, 0.15) is 5.82 Å². The molecule has 1 aromatic carbocycles. The van der Waals surface area contributed by atoms with Crippen LogP contribution in [-0.2, 0) is 16.4 Å². The lowest BCUT2D eigenvalue weighted by molar-refractivity contribution is 0.513. The predicted molar refractivity (Wildman–Crippen MR) is 95.7 cm³/mol. The van der Waals surface area contributed by atoms with Gasteiger partial charge >= 0.3 is 0 Å². The Balaban J connectivity index is 1.77. The molecule has 1 aliphatic heterocycles. The van der Waals surface area contributed by atoms with Crippen molar-refractivity contribution in [2.45, 2.75) is 24.0 Å². The number of hydrogen-bond acceptors (Lipinski definition) is 5. The van der Waals surface area contributed by atoms with E-state index in [1.165, 1.54) is 6.07 Å². The first kappa shape index (κ1) is 16.6. The first-order chi connectivity index (χ1) is 11.9. The lowest BCUT2D eigenvalue weighted by Gasteiger charge is -2.16. The number of nitrogens with one attached hydrogen (secondary N) is 1. The summed E-state index contributed by atoms with van der Waals surface area (Å²) in [6.07, 6.45) is 3.84. The fraction of sp³-hybridized carbons (Fsp3) is 0.375. The van der Waals surface area contributed by atoms with Crippen LogP contribution in [0.5, 0.6) is 0 Å².